The Labute approximate surface area is 112 Å². The van der Waals surface area contributed by atoms with Gasteiger partial charge in [0.05, 0.1) is 0 Å². The fourth-order valence-electron chi connectivity index (χ4n) is 2.85. The molecule has 0 amide bonds. The first-order chi connectivity index (χ1) is 9.40. The van der Waals surface area contributed by atoms with E-state index in [0.717, 1.165) is 50.9 Å². The minimum Gasteiger partial charge on any atom is -0.336 e. The first kappa shape index (κ1) is 11.2. The summed E-state index contributed by atoms with van der Waals surface area (Å²) >= 11 is 0. The molecular formula is C13H18N6. The van der Waals surface area contributed by atoms with Gasteiger partial charge in [0.15, 0.2) is 5.65 Å². The van der Waals surface area contributed by atoms with Crippen molar-refractivity contribution in [1.29, 1.82) is 0 Å². The number of fused-ring (bicyclic) bond motifs is 1. The van der Waals surface area contributed by atoms with Crippen molar-refractivity contribution < 1.29 is 0 Å². The Bertz CT molecular complexity index is 534. The lowest BCUT2D eigenvalue weighted by atomic mass is 10.1. The van der Waals surface area contributed by atoms with Crippen molar-refractivity contribution in [1.82, 2.24) is 24.8 Å². The average Bonchev–Trinajstić information content (AvgIpc) is 2.81. The number of hydrogen-bond acceptors (Lipinski definition) is 5. The minimum absolute atomic E-state index is 0.675. The Morgan fingerprint density at radius 2 is 2.00 bits per heavy atom. The largest absolute Gasteiger partial charge is 0.336 e. The van der Waals surface area contributed by atoms with Gasteiger partial charge in [0.2, 0.25) is 5.95 Å². The normalized spacial score (nSPS) is 21.8. The highest BCUT2D eigenvalue weighted by molar-refractivity contribution is 5.46. The molecule has 6 nitrogen and oxygen atoms in total. The van der Waals surface area contributed by atoms with E-state index in [2.05, 4.69) is 25.2 Å². The van der Waals surface area contributed by atoms with E-state index in [1.165, 1.54) is 0 Å². The highest BCUT2D eigenvalue weighted by Crippen LogP contribution is 2.21. The molecule has 6 heteroatoms. The average molecular weight is 258 g/mol. The molecular weight excluding hydrogens is 240 g/mol. The van der Waals surface area contributed by atoms with Crippen LogP contribution in [0, 0.1) is 0 Å². The minimum atomic E-state index is 0.675. The predicted octanol–water partition coefficient (Wildman–Crippen LogP) is -0.177. The van der Waals surface area contributed by atoms with Crippen LogP contribution in [0.2, 0.25) is 0 Å². The lowest BCUT2D eigenvalue weighted by molar-refractivity contribution is 0.146. The number of rotatable bonds is 2. The van der Waals surface area contributed by atoms with E-state index in [1.54, 1.807) is 0 Å². The predicted molar refractivity (Wildman–Crippen MR) is 73.4 cm³/mol. The third-order valence-corrected chi connectivity index (χ3v) is 4.04. The molecule has 19 heavy (non-hydrogen) atoms. The van der Waals surface area contributed by atoms with E-state index in [9.17, 15) is 0 Å². The van der Waals surface area contributed by atoms with Crippen molar-refractivity contribution in [2.75, 3.05) is 44.2 Å². The zero-order valence-corrected chi connectivity index (χ0v) is 10.9. The van der Waals surface area contributed by atoms with Gasteiger partial charge in [-0.3, -0.25) is 4.90 Å². The maximum atomic E-state index is 4.56. The van der Waals surface area contributed by atoms with Crippen LogP contribution >= 0.6 is 0 Å². The Morgan fingerprint density at radius 3 is 2.79 bits per heavy atom. The molecule has 0 aliphatic carbocycles. The number of nitrogens with zero attached hydrogens (tertiary/aromatic N) is 5. The second-order valence-corrected chi connectivity index (χ2v) is 5.26. The van der Waals surface area contributed by atoms with Crippen LogP contribution in [-0.2, 0) is 0 Å². The van der Waals surface area contributed by atoms with E-state index in [-0.39, 0.29) is 0 Å². The summed E-state index contributed by atoms with van der Waals surface area (Å²) in [5.41, 5.74) is 0.920. The fraction of sp³-hybridized carbons (Fsp3) is 0.538. The summed E-state index contributed by atoms with van der Waals surface area (Å²) in [6.07, 6.45) is 1.94. The molecule has 0 unspecified atom stereocenters. The van der Waals surface area contributed by atoms with E-state index in [1.807, 2.05) is 28.9 Å². The number of piperazine rings is 1. The molecule has 0 atom stereocenters. The Hall–Kier alpha value is -1.66. The number of anilines is 1. The van der Waals surface area contributed by atoms with Gasteiger partial charge in [0.25, 0.3) is 0 Å². The van der Waals surface area contributed by atoms with Crippen LogP contribution in [0.15, 0.2) is 24.4 Å². The first-order valence-corrected chi connectivity index (χ1v) is 6.91. The van der Waals surface area contributed by atoms with Crippen LogP contribution in [0.3, 0.4) is 0 Å². The van der Waals surface area contributed by atoms with Gasteiger partial charge in [0, 0.05) is 51.5 Å². The molecule has 2 aliphatic heterocycles. The summed E-state index contributed by atoms with van der Waals surface area (Å²) in [5.74, 6) is 0.859. The van der Waals surface area contributed by atoms with Crippen molar-refractivity contribution in [3.05, 3.63) is 24.4 Å². The summed E-state index contributed by atoms with van der Waals surface area (Å²) in [6.45, 7) is 6.66. The quantitative estimate of drug-likeness (QED) is 0.810. The van der Waals surface area contributed by atoms with Gasteiger partial charge in [-0.05, 0) is 12.1 Å². The molecule has 4 rings (SSSR count). The van der Waals surface area contributed by atoms with Crippen LogP contribution in [0.25, 0.3) is 5.65 Å². The molecule has 0 radical (unpaired) electrons. The van der Waals surface area contributed by atoms with Crippen molar-refractivity contribution in [3.63, 3.8) is 0 Å². The highest BCUT2D eigenvalue weighted by atomic mass is 15.4. The van der Waals surface area contributed by atoms with Gasteiger partial charge in [-0.15, -0.1) is 5.10 Å². The summed E-state index contributed by atoms with van der Waals surface area (Å²) in [7, 11) is 0. The van der Waals surface area contributed by atoms with Crippen molar-refractivity contribution in [3.8, 4) is 0 Å². The van der Waals surface area contributed by atoms with E-state index >= 15 is 0 Å². The van der Waals surface area contributed by atoms with Gasteiger partial charge in [-0.2, -0.15) is 4.98 Å². The van der Waals surface area contributed by atoms with Crippen LogP contribution in [-0.4, -0.2) is 64.8 Å². The van der Waals surface area contributed by atoms with Crippen LogP contribution in [0.1, 0.15) is 0 Å². The summed E-state index contributed by atoms with van der Waals surface area (Å²) < 4.78 is 1.84. The van der Waals surface area contributed by atoms with Crippen molar-refractivity contribution in [2.24, 2.45) is 0 Å². The lowest BCUT2D eigenvalue weighted by Crippen LogP contribution is -2.63. The Kier molecular flexibility index (Phi) is 2.63. The highest BCUT2D eigenvalue weighted by Gasteiger charge is 2.34. The second kappa shape index (κ2) is 4.47. The molecule has 2 aromatic heterocycles. The molecule has 0 saturated carbocycles. The molecule has 2 fully saturated rings. The summed E-state index contributed by atoms with van der Waals surface area (Å²) in [5, 5.41) is 7.91. The monoisotopic (exact) mass is 258 g/mol. The molecule has 0 aromatic carbocycles. The van der Waals surface area contributed by atoms with Crippen LogP contribution in [0.5, 0.6) is 0 Å². The third-order valence-electron chi connectivity index (χ3n) is 4.04. The van der Waals surface area contributed by atoms with E-state index in [4.69, 9.17) is 0 Å². The molecule has 2 saturated heterocycles. The lowest BCUT2D eigenvalue weighted by Gasteiger charge is -2.46. The van der Waals surface area contributed by atoms with Crippen molar-refractivity contribution >= 4 is 11.6 Å². The second-order valence-electron chi connectivity index (χ2n) is 5.26. The topological polar surface area (TPSA) is 48.7 Å². The number of pyridine rings is 1. The molecule has 0 bridgehead atoms. The molecule has 2 aliphatic rings. The zero-order chi connectivity index (χ0) is 12.7. The summed E-state index contributed by atoms with van der Waals surface area (Å²) in [4.78, 5) is 9.40. The number of aromatic nitrogens is 3. The summed E-state index contributed by atoms with van der Waals surface area (Å²) in [6, 6.07) is 6.64. The van der Waals surface area contributed by atoms with Gasteiger partial charge < -0.3 is 10.2 Å². The van der Waals surface area contributed by atoms with Gasteiger partial charge in [-0.1, -0.05) is 6.07 Å². The maximum Gasteiger partial charge on any atom is 0.245 e. The maximum absolute atomic E-state index is 4.56. The number of nitrogens with one attached hydrogen (secondary N) is 1. The van der Waals surface area contributed by atoms with E-state index < -0.39 is 0 Å². The molecule has 100 valence electrons. The van der Waals surface area contributed by atoms with Gasteiger partial charge >= 0.3 is 0 Å². The fourth-order valence-corrected chi connectivity index (χ4v) is 2.85. The smallest absolute Gasteiger partial charge is 0.245 e. The first-order valence-electron chi connectivity index (χ1n) is 6.91. The molecule has 2 aromatic rings. The van der Waals surface area contributed by atoms with Crippen LogP contribution < -0.4 is 10.2 Å². The van der Waals surface area contributed by atoms with Gasteiger partial charge in [0.1, 0.15) is 0 Å². The zero-order valence-electron chi connectivity index (χ0n) is 10.9. The van der Waals surface area contributed by atoms with Crippen LogP contribution in [0.4, 0.5) is 5.95 Å². The molecule has 4 heterocycles. The number of hydrogen-bond donors (Lipinski definition) is 1. The SMILES string of the molecule is c1ccn2nc(N3CC(N4CCNCC4)C3)nc2c1. The Balaban J connectivity index is 1.44. The molecule has 1 N–H and O–H groups in total. The Morgan fingerprint density at radius 1 is 1.16 bits per heavy atom. The van der Waals surface area contributed by atoms with E-state index in [0.29, 0.717) is 6.04 Å². The third kappa shape index (κ3) is 1.97. The van der Waals surface area contributed by atoms with Gasteiger partial charge in [-0.25, -0.2) is 4.52 Å². The molecule has 0 spiro atoms. The standard InChI is InChI=1S/C13H18N6/c1-2-6-19-12(3-1)15-13(16-19)18-9-11(10-18)17-7-4-14-5-8-17/h1-3,6,11,14H,4-5,7-10H2. The van der Waals surface area contributed by atoms with Crippen molar-refractivity contribution in [2.45, 2.75) is 6.04 Å².